The molecule has 3 aromatic rings. The number of carbonyl (C=O) groups excluding carboxylic acids is 1. The maximum Gasteiger partial charge on any atom is 0.254 e. The van der Waals surface area contributed by atoms with Crippen molar-refractivity contribution in [3.63, 3.8) is 0 Å². The monoisotopic (exact) mass is 402 g/mol. The Hall–Kier alpha value is -3.03. The van der Waals surface area contributed by atoms with Crippen molar-refractivity contribution >= 4 is 5.91 Å². The fourth-order valence-corrected chi connectivity index (χ4v) is 4.61. The summed E-state index contributed by atoms with van der Waals surface area (Å²) in [6.45, 7) is 4.36. The molecule has 154 valence electrons. The molecular formula is C23H26N6O. The van der Waals surface area contributed by atoms with Crippen molar-refractivity contribution in [2.24, 2.45) is 0 Å². The Balaban J connectivity index is 1.23. The molecule has 30 heavy (non-hydrogen) atoms. The molecule has 0 aliphatic carbocycles. The molecule has 0 spiro atoms. The SMILES string of the molecule is O=C(c1ccccc1)N1C[C@@H](CNCc2cn[nH]c2-c2cccnc2)N2CC[C@H]1C2. The zero-order valence-electron chi connectivity index (χ0n) is 16.9. The molecule has 2 aliphatic rings. The number of aromatic amines is 1. The summed E-state index contributed by atoms with van der Waals surface area (Å²) in [7, 11) is 0. The molecule has 2 fully saturated rings. The Kier molecular flexibility index (Phi) is 5.29. The molecule has 0 saturated carbocycles. The van der Waals surface area contributed by atoms with E-state index in [2.05, 4.69) is 30.3 Å². The molecule has 2 aromatic heterocycles. The van der Waals surface area contributed by atoms with Gasteiger partial charge in [0.25, 0.3) is 5.91 Å². The van der Waals surface area contributed by atoms with Crippen molar-refractivity contribution in [2.75, 3.05) is 26.2 Å². The minimum Gasteiger partial charge on any atom is -0.333 e. The van der Waals surface area contributed by atoms with Gasteiger partial charge < -0.3 is 10.2 Å². The highest BCUT2D eigenvalue weighted by atomic mass is 16.2. The van der Waals surface area contributed by atoms with Crippen molar-refractivity contribution in [3.8, 4) is 11.3 Å². The third-order valence-corrected chi connectivity index (χ3v) is 6.20. The molecule has 1 amide bonds. The summed E-state index contributed by atoms with van der Waals surface area (Å²) in [6, 6.07) is 14.3. The van der Waals surface area contributed by atoms with Crippen molar-refractivity contribution in [2.45, 2.75) is 25.0 Å². The molecule has 1 aromatic carbocycles. The summed E-state index contributed by atoms with van der Waals surface area (Å²) in [4.78, 5) is 21.9. The molecule has 3 atom stereocenters. The van der Waals surface area contributed by atoms with E-state index in [0.717, 1.165) is 61.5 Å². The van der Waals surface area contributed by atoms with Gasteiger partial charge in [0.05, 0.1) is 11.9 Å². The summed E-state index contributed by atoms with van der Waals surface area (Å²) < 4.78 is 0. The number of fused-ring (bicyclic) bond motifs is 2. The van der Waals surface area contributed by atoms with E-state index < -0.39 is 0 Å². The van der Waals surface area contributed by atoms with E-state index >= 15 is 0 Å². The Morgan fingerprint density at radius 3 is 2.87 bits per heavy atom. The van der Waals surface area contributed by atoms with E-state index in [1.807, 2.05) is 54.9 Å². The van der Waals surface area contributed by atoms with Crippen LogP contribution in [0.3, 0.4) is 0 Å². The van der Waals surface area contributed by atoms with E-state index in [9.17, 15) is 4.79 Å². The van der Waals surface area contributed by atoms with E-state index in [0.29, 0.717) is 12.1 Å². The lowest BCUT2D eigenvalue weighted by Crippen LogP contribution is -2.57. The van der Waals surface area contributed by atoms with Gasteiger partial charge in [-0.25, -0.2) is 0 Å². The van der Waals surface area contributed by atoms with Gasteiger partial charge in [-0.05, 0) is 30.7 Å². The number of nitrogens with zero attached hydrogens (tertiary/aromatic N) is 4. The van der Waals surface area contributed by atoms with Gasteiger partial charge in [0.15, 0.2) is 0 Å². The van der Waals surface area contributed by atoms with Crippen molar-refractivity contribution < 1.29 is 4.79 Å². The van der Waals surface area contributed by atoms with Gasteiger partial charge >= 0.3 is 0 Å². The quantitative estimate of drug-likeness (QED) is 0.661. The molecule has 7 heteroatoms. The van der Waals surface area contributed by atoms with Gasteiger partial charge in [-0.3, -0.25) is 19.8 Å². The molecular weight excluding hydrogens is 376 g/mol. The first kappa shape index (κ1) is 19.0. The number of aromatic nitrogens is 3. The van der Waals surface area contributed by atoms with Crippen LogP contribution in [0, 0.1) is 0 Å². The third kappa shape index (κ3) is 3.74. The van der Waals surface area contributed by atoms with E-state index in [1.54, 1.807) is 6.20 Å². The second-order valence-electron chi connectivity index (χ2n) is 8.06. The van der Waals surface area contributed by atoms with Crippen LogP contribution in [-0.2, 0) is 6.54 Å². The lowest BCUT2D eigenvalue weighted by Gasteiger charge is -2.40. The summed E-state index contributed by atoms with van der Waals surface area (Å²) in [5.41, 5.74) is 3.94. The molecule has 1 unspecified atom stereocenters. The number of hydrogen-bond acceptors (Lipinski definition) is 5. The Bertz CT molecular complexity index is 989. The second-order valence-corrected chi connectivity index (χ2v) is 8.06. The fraction of sp³-hybridized carbons (Fsp3) is 0.348. The van der Waals surface area contributed by atoms with Crippen LogP contribution in [0.2, 0.25) is 0 Å². The molecule has 2 aliphatic heterocycles. The van der Waals surface area contributed by atoms with E-state index in [1.165, 1.54) is 0 Å². The Morgan fingerprint density at radius 2 is 2.03 bits per heavy atom. The first-order valence-corrected chi connectivity index (χ1v) is 10.5. The highest BCUT2D eigenvalue weighted by Crippen LogP contribution is 2.26. The van der Waals surface area contributed by atoms with Crippen LogP contribution in [-0.4, -0.2) is 69.2 Å². The average molecular weight is 403 g/mol. The van der Waals surface area contributed by atoms with Crippen LogP contribution in [0.25, 0.3) is 11.3 Å². The minimum absolute atomic E-state index is 0.154. The predicted molar refractivity (Wildman–Crippen MR) is 115 cm³/mol. The maximum atomic E-state index is 13.1. The van der Waals surface area contributed by atoms with Crippen LogP contribution in [0.15, 0.2) is 61.1 Å². The van der Waals surface area contributed by atoms with Crippen LogP contribution < -0.4 is 5.32 Å². The average Bonchev–Trinajstić information content (AvgIpc) is 3.44. The van der Waals surface area contributed by atoms with Crippen LogP contribution in [0.4, 0.5) is 0 Å². The number of nitrogens with one attached hydrogen (secondary N) is 2. The number of amides is 1. The molecule has 5 rings (SSSR count). The Morgan fingerprint density at radius 1 is 1.13 bits per heavy atom. The largest absolute Gasteiger partial charge is 0.333 e. The normalized spacial score (nSPS) is 22.9. The zero-order chi connectivity index (χ0) is 20.3. The van der Waals surface area contributed by atoms with Gasteiger partial charge in [0, 0.05) is 73.9 Å². The summed E-state index contributed by atoms with van der Waals surface area (Å²) >= 11 is 0. The standard InChI is InChI=1S/C23H26N6O/c30-23(17-5-2-1-3-6-17)29-16-21(28-10-8-20(29)15-28)14-25-12-19-13-26-27-22(19)18-7-4-9-24-11-18/h1-7,9,11,13,20-21,25H,8,10,12,14-16H2,(H,26,27)/t20-,21+/m0/s1. The number of benzene rings is 1. The highest BCUT2D eigenvalue weighted by molar-refractivity contribution is 5.94. The maximum absolute atomic E-state index is 13.1. The van der Waals surface area contributed by atoms with Crippen molar-refractivity contribution in [1.82, 2.24) is 30.3 Å². The minimum atomic E-state index is 0.154. The number of pyridine rings is 1. The Labute approximate surface area is 176 Å². The number of rotatable bonds is 6. The number of carbonyl (C=O) groups is 1. The summed E-state index contributed by atoms with van der Waals surface area (Å²) in [6.07, 6.45) is 6.54. The lowest BCUT2D eigenvalue weighted by molar-refractivity contribution is 0.0495. The molecule has 0 radical (unpaired) electrons. The van der Waals surface area contributed by atoms with Crippen LogP contribution in [0.1, 0.15) is 22.3 Å². The number of hydrogen-bond donors (Lipinski definition) is 2. The van der Waals surface area contributed by atoms with Gasteiger partial charge in [-0.15, -0.1) is 0 Å². The van der Waals surface area contributed by atoms with Gasteiger partial charge in [0.2, 0.25) is 0 Å². The highest BCUT2D eigenvalue weighted by Gasteiger charge is 2.40. The first-order chi connectivity index (χ1) is 14.8. The zero-order valence-corrected chi connectivity index (χ0v) is 16.9. The predicted octanol–water partition coefficient (Wildman–Crippen LogP) is 2.16. The molecule has 2 bridgehead atoms. The lowest BCUT2D eigenvalue weighted by atomic mass is 10.1. The van der Waals surface area contributed by atoms with E-state index in [-0.39, 0.29) is 5.91 Å². The summed E-state index contributed by atoms with van der Waals surface area (Å²) in [5, 5.41) is 10.9. The smallest absolute Gasteiger partial charge is 0.254 e. The van der Waals surface area contributed by atoms with Crippen LogP contribution in [0.5, 0.6) is 0 Å². The molecule has 7 nitrogen and oxygen atoms in total. The van der Waals surface area contributed by atoms with Gasteiger partial charge in [0.1, 0.15) is 0 Å². The van der Waals surface area contributed by atoms with Crippen molar-refractivity contribution in [1.29, 1.82) is 0 Å². The molecule has 4 heterocycles. The molecule has 2 N–H and O–H groups in total. The summed E-state index contributed by atoms with van der Waals surface area (Å²) in [5.74, 6) is 0.154. The fourth-order valence-electron chi connectivity index (χ4n) is 4.61. The number of piperazine rings is 1. The topological polar surface area (TPSA) is 77.1 Å². The first-order valence-electron chi connectivity index (χ1n) is 10.5. The van der Waals surface area contributed by atoms with E-state index in [4.69, 9.17) is 0 Å². The van der Waals surface area contributed by atoms with Gasteiger partial charge in [-0.2, -0.15) is 5.10 Å². The van der Waals surface area contributed by atoms with Crippen molar-refractivity contribution in [3.05, 3.63) is 72.2 Å². The van der Waals surface area contributed by atoms with Gasteiger partial charge in [-0.1, -0.05) is 18.2 Å². The number of H-pyrrole nitrogens is 1. The molecule has 2 saturated heterocycles. The second kappa shape index (κ2) is 8.38. The van der Waals surface area contributed by atoms with Crippen LogP contribution >= 0.6 is 0 Å². The third-order valence-electron chi connectivity index (χ3n) is 6.20.